The SMILES string of the molecule is Cc1cc(C(=O)N2CCCCC(CNC(=O)CCCF)C2)ccc1O. The molecule has 1 atom stereocenters. The zero-order valence-electron chi connectivity index (χ0n) is 14.8. The van der Waals surface area contributed by atoms with Crippen LogP contribution in [0, 0.1) is 12.8 Å². The molecule has 1 saturated heterocycles. The van der Waals surface area contributed by atoms with Crippen molar-refractivity contribution >= 4 is 11.8 Å². The van der Waals surface area contributed by atoms with Crippen LogP contribution in [0.3, 0.4) is 0 Å². The number of hydrogen-bond donors (Lipinski definition) is 2. The van der Waals surface area contributed by atoms with Crippen LogP contribution in [0.15, 0.2) is 18.2 Å². The van der Waals surface area contributed by atoms with E-state index in [9.17, 15) is 19.1 Å². The van der Waals surface area contributed by atoms with Gasteiger partial charge in [0.05, 0.1) is 6.67 Å². The molecule has 1 heterocycles. The zero-order chi connectivity index (χ0) is 18.2. The Balaban J connectivity index is 1.94. The lowest BCUT2D eigenvalue weighted by Gasteiger charge is -2.25. The highest BCUT2D eigenvalue weighted by Crippen LogP contribution is 2.21. The third kappa shape index (κ3) is 5.73. The number of alkyl halides is 1. The molecule has 1 aromatic carbocycles. The predicted octanol–water partition coefficient (Wildman–Crippen LogP) is 2.81. The second-order valence-corrected chi connectivity index (χ2v) is 6.71. The monoisotopic (exact) mass is 350 g/mol. The smallest absolute Gasteiger partial charge is 0.253 e. The number of rotatable bonds is 6. The molecule has 138 valence electrons. The normalized spacial score (nSPS) is 17.8. The summed E-state index contributed by atoms with van der Waals surface area (Å²) in [6.45, 7) is 3.10. The first-order chi connectivity index (χ1) is 12.0. The van der Waals surface area contributed by atoms with Crippen LogP contribution in [-0.2, 0) is 4.79 Å². The van der Waals surface area contributed by atoms with E-state index in [0.717, 1.165) is 19.3 Å². The Kier molecular flexibility index (Phi) is 7.22. The molecular weight excluding hydrogens is 323 g/mol. The molecule has 0 spiro atoms. The number of carbonyl (C=O) groups is 2. The molecule has 0 aliphatic carbocycles. The number of likely N-dealkylation sites (tertiary alicyclic amines) is 1. The van der Waals surface area contributed by atoms with Crippen molar-refractivity contribution in [3.05, 3.63) is 29.3 Å². The van der Waals surface area contributed by atoms with E-state index in [1.165, 1.54) is 0 Å². The number of hydrogen-bond acceptors (Lipinski definition) is 3. The van der Waals surface area contributed by atoms with Gasteiger partial charge in [0, 0.05) is 31.6 Å². The largest absolute Gasteiger partial charge is 0.508 e. The van der Waals surface area contributed by atoms with Crippen molar-refractivity contribution < 1.29 is 19.1 Å². The van der Waals surface area contributed by atoms with Crippen LogP contribution >= 0.6 is 0 Å². The van der Waals surface area contributed by atoms with Crippen LogP contribution in [0.2, 0.25) is 0 Å². The number of nitrogens with one attached hydrogen (secondary N) is 1. The van der Waals surface area contributed by atoms with Gasteiger partial charge in [0.1, 0.15) is 5.75 Å². The van der Waals surface area contributed by atoms with Crippen LogP contribution in [0.5, 0.6) is 5.75 Å². The minimum Gasteiger partial charge on any atom is -0.508 e. The van der Waals surface area contributed by atoms with E-state index in [1.807, 2.05) is 4.90 Å². The van der Waals surface area contributed by atoms with Gasteiger partial charge in [-0.1, -0.05) is 6.42 Å². The number of phenols is 1. The third-order valence-corrected chi connectivity index (χ3v) is 4.63. The number of halogens is 1. The topological polar surface area (TPSA) is 69.6 Å². The fraction of sp³-hybridized carbons (Fsp3) is 0.579. The number of benzene rings is 1. The van der Waals surface area contributed by atoms with Crippen LogP contribution < -0.4 is 5.32 Å². The van der Waals surface area contributed by atoms with E-state index in [2.05, 4.69) is 5.32 Å². The molecule has 1 fully saturated rings. The molecule has 0 aromatic heterocycles. The molecule has 25 heavy (non-hydrogen) atoms. The van der Waals surface area contributed by atoms with Gasteiger partial charge in [0.2, 0.25) is 5.91 Å². The van der Waals surface area contributed by atoms with Gasteiger partial charge in [-0.2, -0.15) is 0 Å². The summed E-state index contributed by atoms with van der Waals surface area (Å²) in [5.41, 5.74) is 1.25. The molecule has 1 aliphatic heterocycles. The van der Waals surface area contributed by atoms with Gasteiger partial charge in [-0.3, -0.25) is 14.0 Å². The Hall–Kier alpha value is -2.11. The molecule has 2 N–H and O–H groups in total. The molecule has 2 rings (SSSR count). The van der Waals surface area contributed by atoms with E-state index in [0.29, 0.717) is 30.8 Å². The number of phenolic OH excluding ortho intramolecular Hbond substituents is 1. The number of aromatic hydroxyl groups is 1. The molecule has 1 aliphatic rings. The van der Waals surface area contributed by atoms with Crippen LogP contribution in [-0.4, -0.2) is 48.1 Å². The Bertz CT molecular complexity index is 606. The molecule has 0 bridgehead atoms. The minimum atomic E-state index is -0.481. The standard InChI is InChI=1S/C19H27FN2O3/c1-14-11-16(7-8-17(14)23)19(25)22-10-3-2-5-15(13-22)12-21-18(24)6-4-9-20/h7-8,11,15,23H,2-6,9-10,12-13H2,1H3,(H,21,24). The van der Waals surface area contributed by atoms with Gasteiger partial charge < -0.3 is 15.3 Å². The summed E-state index contributed by atoms with van der Waals surface area (Å²) in [6, 6.07) is 4.89. The van der Waals surface area contributed by atoms with Crippen molar-refractivity contribution in [2.24, 2.45) is 5.92 Å². The number of aryl methyl sites for hydroxylation is 1. The van der Waals surface area contributed by atoms with Gasteiger partial charge >= 0.3 is 0 Å². The Morgan fingerprint density at radius 2 is 2.16 bits per heavy atom. The Labute approximate surface area is 148 Å². The maximum Gasteiger partial charge on any atom is 0.253 e. The van der Waals surface area contributed by atoms with E-state index < -0.39 is 6.67 Å². The fourth-order valence-electron chi connectivity index (χ4n) is 3.13. The van der Waals surface area contributed by atoms with Crippen molar-refractivity contribution in [2.75, 3.05) is 26.3 Å². The van der Waals surface area contributed by atoms with Crippen LogP contribution in [0.25, 0.3) is 0 Å². The van der Waals surface area contributed by atoms with Crippen molar-refractivity contribution in [3.8, 4) is 5.75 Å². The average Bonchev–Trinajstić information content (AvgIpc) is 2.85. The summed E-state index contributed by atoms with van der Waals surface area (Å²) in [4.78, 5) is 26.2. The first kappa shape index (κ1) is 19.2. The van der Waals surface area contributed by atoms with Gasteiger partial charge in [-0.15, -0.1) is 0 Å². The quantitative estimate of drug-likeness (QED) is 0.829. The zero-order valence-corrected chi connectivity index (χ0v) is 14.8. The second-order valence-electron chi connectivity index (χ2n) is 6.71. The highest BCUT2D eigenvalue weighted by atomic mass is 19.1. The summed E-state index contributed by atoms with van der Waals surface area (Å²) in [6.07, 6.45) is 3.38. The summed E-state index contributed by atoms with van der Waals surface area (Å²) in [7, 11) is 0. The fourth-order valence-corrected chi connectivity index (χ4v) is 3.13. The number of nitrogens with zero attached hydrogens (tertiary/aromatic N) is 1. The van der Waals surface area contributed by atoms with Crippen LogP contribution in [0.1, 0.15) is 48.0 Å². The van der Waals surface area contributed by atoms with Crippen molar-refractivity contribution in [3.63, 3.8) is 0 Å². The summed E-state index contributed by atoms with van der Waals surface area (Å²) in [5, 5.41) is 12.5. The van der Waals surface area contributed by atoms with Crippen molar-refractivity contribution in [2.45, 2.75) is 39.0 Å². The summed E-state index contributed by atoms with van der Waals surface area (Å²) in [5.74, 6) is 0.216. The van der Waals surface area contributed by atoms with Crippen molar-refractivity contribution in [1.82, 2.24) is 10.2 Å². The maximum absolute atomic E-state index is 12.8. The van der Waals surface area contributed by atoms with E-state index in [-0.39, 0.29) is 36.3 Å². The number of carbonyl (C=O) groups excluding carboxylic acids is 2. The van der Waals surface area contributed by atoms with E-state index in [4.69, 9.17) is 0 Å². The van der Waals surface area contributed by atoms with Crippen LogP contribution in [0.4, 0.5) is 4.39 Å². The van der Waals surface area contributed by atoms with E-state index in [1.54, 1.807) is 25.1 Å². The van der Waals surface area contributed by atoms with E-state index >= 15 is 0 Å². The van der Waals surface area contributed by atoms with Gasteiger partial charge in [0.25, 0.3) is 5.91 Å². The summed E-state index contributed by atoms with van der Waals surface area (Å²) < 4.78 is 12.1. The third-order valence-electron chi connectivity index (χ3n) is 4.63. The molecule has 0 saturated carbocycles. The molecular formula is C19H27FN2O3. The molecule has 1 unspecified atom stereocenters. The predicted molar refractivity (Wildman–Crippen MR) is 94.3 cm³/mol. The molecule has 0 radical (unpaired) electrons. The van der Waals surface area contributed by atoms with Gasteiger partial charge in [-0.25, -0.2) is 0 Å². The molecule has 2 amide bonds. The molecule has 6 heteroatoms. The van der Waals surface area contributed by atoms with Gasteiger partial charge in [-0.05, 0) is 55.9 Å². The average molecular weight is 350 g/mol. The lowest BCUT2D eigenvalue weighted by Crippen LogP contribution is -2.38. The number of amides is 2. The van der Waals surface area contributed by atoms with Gasteiger partial charge in [0.15, 0.2) is 0 Å². The highest BCUT2D eigenvalue weighted by Gasteiger charge is 2.23. The lowest BCUT2D eigenvalue weighted by atomic mass is 10.0. The second kappa shape index (κ2) is 9.39. The highest BCUT2D eigenvalue weighted by molar-refractivity contribution is 5.94. The molecule has 1 aromatic rings. The van der Waals surface area contributed by atoms with Crippen molar-refractivity contribution in [1.29, 1.82) is 0 Å². The first-order valence-corrected chi connectivity index (χ1v) is 8.93. The first-order valence-electron chi connectivity index (χ1n) is 8.93. The summed E-state index contributed by atoms with van der Waals surface area (Å²) >= 11 is 0. The lowest BCUT2D eigenvalue weighted by molar-refractivity contribution is -0.121. The minimum absolute atomic E-state index is 0.0428. The molecule has 5 nitrogen and oxygen atoms in total. The Morgan fingerprint density at radius 1 is 1.36 bits per heavy atom. The maximum atomic E-state index is 12.8. The Morgan fingerprint density at radius 3 is 2.88 bits per heavy atom.